The molecule has 5 heteroatoms. The van der Waals surface area contributed by atoms with Crippen molar-refractivity contribution < 1.29 is 9.90 Å². The maximum atomic E-state index is 10.4. The lowest BCUT2D eigenvalue weighted by molar-refractivity contribution is -0.135. The van der Waals surface area contributed by atoms with Gasteiger partial charge in [-0.05, 0) is 18.6 Å². The van der Waals surface area contributed by atoms with E-state index in [0.717, 1.165) is 11.3 Å². The van der Waals surface area contributed by atoms with Gasteiger partial charge in [0, 0.05) is 7.05 Å². The van der Waals surface area contributed by atoms with E-state index in [1.165, 1.54) is 0 Å². The van der Waals surface area contributed by atoms with Crippen LogP contribution in [0.25, 0.3) is 0 Å². The van der Waals surface area contributed by atoms with Gasteiger partial charge in [-0.15, -0.1) is 0 Å². The van der Waals surface area contributed by atoms with Crippen LogP contribution in [0, 0.1) is 6.92 Å². The van der Waals surface area contributed by atoms with Gasteiger partial charge < -0.3 is 15.7 Å². The van der Waals surface area contributed by atoms with Gasteiger partial charge >= 0.3 is 5.97 Å². The molecule has 0 amide bonds. The van der Waals surface area contributed by atoms with Crippen LogP contribution in [0.3, 0.4) is 0 Å². The number of aliphatic carboxylic acids is 1. The van der Waals surface area contributed by atoms with Crippen molar-refractivity contribution in [1.82, 2.24) is 4.98 Å². The lowest BCUT2D eigenvalue weighted by atomic mass is 10.2. The fourth-order valence-electron chi connectivity index (χ4n) is 1.07. The van der Waals surface area contributed by atoms with E-state index in [1.54, 1.807) is 18.1 Å². The molecule has 0 bridgehead atoms. The van der Waals surface area contributed by atoms with Crippen LogP contribution >= 0.6 is 0 Å². The smallest absolute Gasteiger partial charge is 0.323 e. The summed E-state index contributed by atoms with van der Waals surface area (Å²) in [6, 6.07) is 1.81. The second-order valence-electron chi connectivity index (χ2n) is 3.15. The first kappa shape index (κ1) is 10.3. The Labute approximate surface area is 82.2 Å². The Kier molecular flexibility index (Phi) is 2.91. The van der Waals surface area contributed by atoms with Gasteiger partial charge in [-0.25, -0.2) is 4.98 Å². The number of rotatable bonds is 3. The van der Waals surface area contributed by atoms with E-state index >= 15 is 0 Å². The van der Waals surface area contributed by atoms with Crippen molar-refractivity contribution in [2.24, 2.45) is 0 Å². The predicted octanol–water partition coefficient (Wildman–Crippen LogP) is 0.493. The molecule has 0 unspecified atom stereocenters. The number of carboxylic acid groups (broad SMARTS) is 1. The highest BCUT2D eigenvalue weighted by Gasteiger charge is 2.06. The molecule has 0 aliphatic carbocycles. The molecule has 1 heterocycles. The number of aromatic nitrogens is 1. The topological polar surface area (TPSA) is 79.5 Å². The van der Waals surface area contributed by atoms with Gasteiger partial charge in [-0.3, -0.25) is 4.79 Å². The van der Waals surface area contributed by atoms with Crippen LogP contribution in [0.4, 0.5) is 11.5 Å². The Balaban J connectivity index is 2.85. The minimum absolute atomic E-state index is 0.0506. The number of pyridine rings is 1. The van der Waals surface area contributed by atoms with Crippen molar-refractivity contribution in [3.63, 3.8) is 0 Å². The number of hydrogen-bond acceptors (Lipinski definition) is 4. The quantitative estimate of drug-likeness (QED) is 0.733. The minimum Gasteiger partial charge on any atom is -0.480 e. The van der Waals surface area contributed by atoms with Crippen molar-refractivity contribution in [1.29, 1.82) is 0 Å². The van der Waals surface area contributed by atoms with Crippen LogP contribution in [-0.2, 0) is 4.79 Å². The fourth-order valence-corrected chi connectivity index (χ4v) is 1.07. The molecular weight excluding hydrogens is 182 g/mol. The number of anilines is 2. The third-order valence-corrected chi connectivity index (χ3v) is 1.92. The zero-order valence-corrected chi connectivity index (χ0v) is 8.19. The van der Waals surface area contributed by atoms with Crippen LogP contribution in [0.5, 0.6) is 0 Å². The Bertz CT molecular complexity index is 352. The monoisotopic (exact) mass is 195 g/mol. The van der Waals surface area contributed by atoms with E-state index in [1.807, 2.05) is 13.0 Å². The highest BCUT2D eigenvalue weighted by Crippen LogP contribution is 2.16. The summed E-state index contributed by atoms with van der Waals surface area (Å²) in [6.45, 7) is 1.78. The summed E-state index contributed by atoms with van der Waals surface area (Å²) in [7, 11) is 1.70. The molecule has 0 atom stereocenters. The molecule has 1 rings (SSSR count). The summed E-state index contributed by atoms with van der Waals surface area (Å²) in [5, 5.41) is 8.58. The summed E-state index contributed by atoms with van der Waals surface area (Å²) in [4.78, 5) is 16.0. The average Bonchev–Trinajstić information content (AvgIpc) is 2.08. The SMILES string of the molecule is Cc1cc(N(C)CC(=O)O)cnc1N. The molecule has 0 aliphatic rings. The molecule has 0 spiro atoms. The van der Waals surface area contributed by atoms with Crippen LogP contribution < -0.4 is 10.6 Å². The summed E-state index contributed by atoms with van der Waals surface area (Å²) < 4.78 is 0. The van der Waals surface area contributed by atoms with Crippen LogP contribution in [0.15, 0.2) is 12.3 Å². The Morgan fingerprint density at radius 1 is 1.71 bits per heavy atom. The van der Waals surface area contributed by atoms with E-state index < -0.39 is 5.97 Å². The van der Waals surface area contributed by atoms with E-state index in [2.05, 4.69) is 4.98 Å². The van der Waals surface area contributed by atoms with Crippen molar-refractivity contribution in [2.75, 3.05) is 24.2 Å². The fraction of sp³-hybridized carbons (Fsp3) is 0.333. The van der Waals surface area contributed by atoms with Gasteiger partial charge in [-0.2, -0.15) is 0 Å². The number of hydrogen-bond donors (Lipinski definition) is 2. The summed E-state index contributed by atoms with van der Waals surface area (Å²) >= 11 is 0. The Hall–Kier alpha value is -1.78. The number of carboxylic acids is 1. The first-order chi connectivity index (χ1) is 6.50. The standard InChI is InChI=1S/C9H13N3O2/c1-6-3-7(4-11-9(6)10)12(2)5-8(13)14/h3-4H,5H2,1-2H3,(H2,10,11)(H,13,14). The highest BCUT2D eigenvalue weighted by atomic mass is 16.4. The Morgan fingerprint density at radius 2 is 2.36 bits per heavy atom. The van der Waals surface area contributed by atoms with Crippen molar-refractivity contribution in [3.05, 3.63) is 17.8 Å². The number of nitrogen functional groups attached to an aromatic ring is 1. The molecule has 0 saturated heterocycles. The van der Waals surface area contributed by atoms with Crippen LogP contribution in [-0.4, -0.2) is 29.7 Å². The minimum atomic E-state index is -0.873. The molecule has 0 aromatic carbocycles. The van der Waals surface area contributed by atoms with E-state index in [0.29, 0.717) is 5.82 Å². The number of aryl methyl sites for hydroxylation is 1. The largest absolute Gasteiger partial charge is 0.480 e. The maximum absolute atomic E-state index is 10.4. The number of carbonyl (C=O) groups is 1. The van der Waals surface area contributed by atoms with Gasteiger partial charge in [-0.1, -0.05) is 0 Å². The average molecular weight is 195 g/mol. The van der Waals surface area contributed by atoms with Crippen molar-refractivity contribution >= 4 is 17.5 Å². The Morgan fingerprint density at radius 3 is 2.86 bits per heavy atom. The first-order valence-electron chi connectivity index (χ1n) is 4.15. The molecule has 0 radical (unpaired) electrons. The number of likely N-dealkylation sites (N-methyl/N-ethyl adjacent to an activating group) is 1. The molecule has 1 aromatic heterocycles. The summed E-state index contributed by atoms with van der Waals surface area (Å²) in [5.74, 6) is -0.403. The second kappa shape index (κ2) is 3.95. The number of nitrogens with zero attached hydrogens (tertiary/aromatic N) is 2. The maximum Gasteiger partial charge on any atom is 0.323 e. The molecule has 5 nitrogen and oxygen atoms in total. The second-order valence-corrected chi connectivity index (χ2v) is 3.15. The highest BCUT2D eigenvalue weighted by molar-refractivity contribution is 5.73. The van der Waals surface area contributed by atoms with Gasteiger partial charge in [0.2, 0.25) is 0 Å². The van der Waals surface area contributed by atoms with Gasteiger partial charge in [0.25, 0.3) is 0 Å². The third-order valence-electron chi connectivity index (χ3n) is 1.92. The molecule has 14 heavy (non-hydrogen) atoms. The molecule has 1 aromatic rings. The van der Waals surface area contributed by atoms with Gasteiger partial charge in [0.05, 0.1) is 11.9 Å². The van der Waals surface area contributed by atoms with E-state index in [-0.39, 0.29) is 6.54 Å². The van der Waals surface area contributed by atoms with Crippen molar-refractivity contribution in [2.45, 2.75) is 6.92 Å². The lowest BCUT2D eigenvalue weighted by Gasteiger charge is -2.16. The predicted molar refractivity (Wildman–Crippen MR) is 54.3 cm³/mol. The van der Waals surface area contributed by atoms with Gasteiger partial charge in [0.1, 0.15) is 12.4 Å². The van der Waals surface area contributed by atoms with Crippen LogP contribution in [0.2, 0.25) is 0 Å². The summed E-state index contributed by atoms with van der Waals surface area (Å²) in [5.41, 5.74) is 7.14. The molecular formula is C9H13N3O2. The molecule has 76 valence electrons. The molecule has 0 saturated carbocycles. The van der Waals surface area contributed by atoms with E-state index in [4.69, 9.17) is 10.8 Å². The normalized spacial score (nSPS) is 9.86. The molecule has 0 aliphatic heterocycles. The van der Waals surface area contributed by atoms with Gasteiger partial charge in [0.15, 0.2) is 0 Å². The first-order valence-corrected chi connectivity index (χ1v) is 4.15. The summed E-state index contributed by atoms with van der Waals surface area (Å²) in [6.07, 6.45) is 1.56. The zero-order valence-electron chi connectivity index (χ0n) is 8.19. The molecule has 0 fully saturated rings. The van der Waals surface area contributed by atoms with Crippen molar-refractivity contribution in [3.8, 4) is 0 Å². The molecule has 3 N–H and O–H groups in total. The third kappa shape index (κ3) is 2.35. The lowest BCUT2D eigenvalue weighted by Crippen LogP contribution is -2.25. The van der Waals surface area contributed by atoms with Crippen LogP contribution in [0.1, 0.15) is 5.56 Å². The zero-order chi connectivity index (χ0) is 10.7. The number of nitrogens with two attached hydrogens (primary N) is 1. The van der Waals surface area contributed by atoms with E-state index in [9.17, 15) is 4.79 Å².